The molecule has 1 aromatic carbocycles. The van der Waals surface area contributed by atoms with Crippen molar-refractivity contribution < 1.29 is 13.6 Å². The Morgan fingerprint density at radius 3 is 2.81 bits per heavy atom. The van der Waals surface area contributed by atoms with E-state index in [0.717, 1.165) is 38.3 Å². The second kappa shape index (κ2) is 6.98. The van der Waals surface area contributed by atoms with E-state index in [2.05, 4.69) is 5.32 Å². The molecule has 1 aliphatic rings. The van der Waals surface area contributed by atoms with Gasteiger partial charge in [-0.1, -0.05) is 0 Å². The molecule has 3 nitrogen and oxygen atoms in total. The molecule has 0 spiro atoms. The zero-order valence-corrected chi connectivity index (χ0v) is 12.6. The molecule has 0 radical (unpaired) electrons. The first kappa shape index (κ1) is 15.9. The van der Waals surface area contributed by atoms with E-state index in [-0.39, 0.29) is 17.5 Å². The highest BCUT2D eigenvalue weighted by atomic mass is 19.1. The Bertz CT molecular complexity index is 519. The Kier molecular flexibility index (Phi) is 5.28. The second-order valence-electron chi connectivity index (χ2n) is 5.62. The molecule has 1 saturated heterocycles. The summed E-state index contributed by atoms with van der Waals surface area (Å²) < 4.78 is 27.3. The lowest BCUT2D eigenvalue weighted by molar-refractivity contribution is 0.0597. The van der Waals surface area contributed by atoms with E-state index in [4.69, 9.17) is 0 Å². The molecule has 116 valence electrons. The number of piperidine rings is 1. The van der Waals surface area contributed by atoms with Crippen LogP contribution in [0.25, 0.3) is 0 Å². The molecule has 1 unspecified atom stereocenters. The maximum Gasteiger partial charge on any atom is 0.257 e. The number of carbonyl (C=O) groups is 1. The highest BCUT2D eigenvalue weighted by Gasteiger charge is 2.28. The zero-order chi connectivity index (χ0) is 15.4. The van der Waals surface area contributed by atoms with Gasteiger partial charge in [0.25, 0.3) is 5.91 Å². The minimum Gasteiger partial charge on any atom is -0.336 e. The van der Waals surface area contributed by atoms with Gasteiger partial charge in [0.2, 0.25) is 0 Å². The third-order valence-corrected chi connectivity index (χ3v) is 4.09. The number of amides is 1. The van der Waals surface area contributed by atoms with Crippen LogP contribution in [0.15, 0.2) is 12.1 Å². The van der Waals surface area contributed by atoms with Gasteiger partial charge < -0.3 is 10.2 Å². The van der Waals surface area contributed by atoms with E-state index in [0.29, 0.717) is 12.1 Å². The van der Waals surface area contributed by atoms with Crippen LogP contribution < -0.4 is 5.32 Å². The van der Waals surface area contributed by atoms with Gasteiger partial charge in [0.1, 0.15) is 11.6 Å². The van der Waals surface area contributed by atoms with Gasteiger partial charge in [0.15, 0.2) is 0 Å². The van der Waals surface area contributed by atoms with Crippen molar-refractivity contribution in [2.45, 2.75) is 38.6 Å². The fourth-order valence-electron chi connectivity index (χ4n) is 2.85. The van der Waals surface area contributed by atoms with Crippen LogP contribution in [-0.2, 0) is 0 Å². The first-order valence-corrected chi connectivity index (χ1v) is 7.45. The molecular weight excluding hydrogens is 274 g/mol. The molecule has 1 aliphatic heterocycles. The number of aryl methyl sites for hydroxylation is 1. The predicted octanol–water partition coefficient (Wildman–Crippen LogP) is 2.88. The third-order valence-electron chi connectivity index (χ3n) is 4.09. The lowest BCUT2D eigenvalue weighted by Gasteiger charge is -2.36. The molecule has 1 aromatic rings. The van der Waals surface area contributed by atoms with Crippen molar-refractivity contribution in [1.82, 2.24) is 10.2 Å². The number of likely N-dealkylation sites (tertiary alicyclic amines) is 1. The molecule has 21 heavy (non-hydrogen) atoms. The van der Waals surface area contributed by atoms with Crippen LogP contribution in [0.2, 0.25) is 0 Å². The number of halogens is 2. The summed E-state index contributed by atoms with van der Waals surface area (Å²) in [6.45, 7) is 3.00. The van der Waals surface area contributed by atoms with E-state index < -0.39 is 11.6 Å². The van der Waals surface area contributed by atoms with Crippen molar-refractivity contribution in [2.24, 2.45) is 0 Å². The van der Waals surface area contributed by atoms with Gasteiger partial charge in [0, 0.05) is 18.7 Å². The monoisotopic (exact) mass is 296 g/mol. The fourth-order valence-corrected chi connectivity index (χ4v) is 2.85. The molecule has 0 saturated carbocycles. The summed E-state index contributed by atoms with van der Waals surface area (Å²) >= 11 is 0. The minimum atomic E-state index is -0.777. The van der Waals surface area contributed by atoms with Gasteiger partial charge in [-0.25, -0.2) is 8.78 Å². The Labute approximate surface area is 124 Å². The molecule has 0 aromatic heterocycles. The SMILES string of the molecule is CNCCC1CCCCN1C(=O)c1cc(C)c(F)cc1F. The second-order valence-corrected chi connectivity index (χ2v) is 5.62. The lowest BCUT2D eigenvalue weighted by Crippen LogP contribution is -2.45. The Hall–Kier alpha value is -1.49. The van der Waals surface area contributed by atoms with Crippen LogP contribution in [-0.4, -0.2) is 37.0 Å². The van der Waals surface area contributed by atoms with Crippen molar-refractivity contribution in [1.29, 1.82) is 0 Å². The predicted molar refractivity (Wildman–Crippen MR) is 78.3 cm³/mol. The number of carbonyl (C=O) groups excluding carboxylic acids is 1. The molecule has 0 bridgehead atoms. The fraction of sp³-hybridized carbons (Fsp3) is 0.562. The van der Waals surface area contributed by atoms with Crippen molar-refractivity contribution in [2.75, 3.05) is 20.1 Å². The summed E-state index contributed by atoms with van der Waals surface area (Å²) in [5.74, 6) is -1.72. The largest absolute Gasteiger partial charge is 0.336 e. The summed E-state index contributed by atoms with van der Waals surface area (Å²) in [6.07, 6.45) is 3.81. The van der Waals surface area contributed by atoms with Crippen LogP contribution in [0, 0.1) is 18.6 Å². The van der Waals surface area contributed by atoms with E-state index in [1.165, 1.54) is 6.07 Å². The zero-order valence-electron chi connectivity index (χ0n) is 12.6. The van der Waals surface area contributed by atoms with Gasteiger partial charge >= 0.3 is 0 Å². The highest BCUT2D eigenvalue weighted by Crippen LogP contribution is 2.24. The van der Waals surface area contributed by atoms with Crippen molar-refractivity contribution in [3.05, 3.63) is 34.9 Å². The molecule has 0 aliphatic carbocycles. The normalized spacial score (nSPS) is 18.9. The van der Waals surface area contributed by atoms with Crippen LogP contribution >= 0.6 is 0 Å². The lowest BCUT2D eigenvalue weighted by atomic mass is 9.97. The van der Waals surface area contributed by atoms with Crippen LogP contribution in [0.4, 0.5) is 8.78 Å². The maximum absolute atomic E-state index is 13.9. The average Bonchev–Trinajstić information content (AvgIpc) is 2.48. The van der Waals surface area contributed by atoms with E-state index in [1.807, 2.05) is 7.05 Å². The molecule has 2 rings (SSSR count). The smallest absolute Gasteiger partial charge is 0.257 e. The summed E-state index contributed by atoms with van der Waals surface area (Å²) in [5.41, 5.74) is 0.272. The number of benzene rings is 1. The molecule has 5 heteroatoms. The first-order chi connectivity index (χ1) is 10.0. The quantitative estimate of drug-likeness (QED) is 0.926. The standard InChI is InChI=1S/C16H22F2N2O/c1-11-9-13(15(18)10-14(11)17)16(21)20-8-4-3-5-12(20)6-7-19-2/h9-10,12,19H,3-8H2,1-2H3. The van der Waals surface area contributed by atoms with Crippen LogP contribution in [0.5, 0.6) is 0 Å². The van der Waals surface area contributed by atoms with Crippen molar-refractivity contribution in [3.8, 4) is 0 Å². The summed E-state index contributed by atoms with van der Waals surface area (Å²) in [4.78, 5) is 14.3. The highest BCUT2D eigenvalue weighted by molar-refractivity contribution is 5.95. The Balaban J connectivity index is 2.22. The van der Waals surface area contributed by atoms with Gasteiger partial charge in [-0.15, -0.1) is 0 Å². The molecule has 1 amide bonds. The number of hydrogen-bond acceptors (Lipinski definition) is 2. The maximum atomic E-state index is 13.9. The Morgan fingerprint density at radius 2 is 2.10 bits per heavy atom. The molecule has 1 atom stereocenters. The van der Waals surface area contributed by atoms with Gasteiger partial charge in [-0.3, -0.25) is 4.79 Å². The van der Waals surface area contributed by atoms with Crippen LogP contribution in [0.1, 0.15) is 41.6 Å². The van der Waals surface area contributed by atoms with Gasteiger partial charge in [0.05, 0.1) is 5.56 Å². The number of nitrogens with one attached hydrogen (secondary N) is 1. The van der Waals surface area contributed by atoms with Gasteiger partial charge in [-0.05, 0) is 57.8 Å². The van der Waals surface area contributed by atoms with E-state index in [9.17, 15) is 13.6 Å². The Morgan fingerprint density at radius 1 is 1.33 bits per heavy atom. The number of rotatable bonds is 4. The molecule has 1 N–H and O–H groups in total. The molecule has 1 heterocycles. The summed E-state index contributed by atoms with van der Waals surface area (Å²) in [7, 11) is 1.87. The van der Waals surface area contributed by atoms with Crippen LogP contribution in [0.3, 0.4) is 0 Å². The molecular formula is C16H22F2N2O. The summed E-state index contributed by atoms with van der Waals surface area (Å²) in [5, 5.41) is 3.08. The summed E-state index contributed by atoms with van der Waals surface area (Å²) in [6, 6.07) is 2.25. The number of nitrogens with zero attached hydrogens (tertiary/aromatic N) is 1. The third kappa shape index (κ3) is 3.59. The minimum absolute atomic E-state index is 0.0229. The molecule has 1 fully saturated rings. The first-order valence-electron chi connectivity index (χ1n) is 7.45. The van der Waals surface area contributed by atoms with E-state index in [1.54, 1.807) is 11.8 Å². The average molecular weight is 296 g/mol. The van der Waals surface area contributed by atoms with Crippen molar-refractivity contribution >= 4 is 5.91 Å². The number of hydrogen-bond donors (Lipinski definition) is 1. The topological polar surface area (TPSA) is 32.3 Å². The van der Waals surface area contributed by atoms with Gasteiger partial charge in [-0.2, -0.15) is 0 Å². The van der Waals surface area contributed by atoms with E-state index >= 15 is 0 Å². The van der Waals surface area contributed by atoms with Crippen molar-refractivity contribution in [3.63, 3.8) is 0 Å².